The van der Waals surface area contributed by atoms with Crippen LogP contribution in [0, 0.1) is 17.7 Å². The van der Waals surface area contributed by atoms with E-state index in [0.29, 0.717) is 0 Å². The van der Waals surface area contributed by atoms with Crippen LogP contribution < -0.4 is 0 Å². The first-order valence-corrected chi connectivity index (χ1v) is 8.34. The van der Waals surface area contributed by atoms with Gasteiger partial charge in [-0.3, -0.25) is 14.8 Å². The summed E-state index contributed by atoms with van der Waals surface area (Å²) in [6, 6.07) is 11.1. The second-order valence-corrected chi connectivity index (χ2v) is 6.90. The Morgan fingerprint density at radius 2 is 1.48 bits per heavy atom. The fraction of sp³-hybridized carbons (Fsp3) is 0.421. The number of fused-ring (bicyclic) bond motifs is 1. The second-order valence-electron chi connectivity index (χ2n) is 6.90. The molecule has 0 N–H and O–H groups in total. The summed E-state index contributed by atoms with van der Waals surface area (Å²) < 4.78 is 13.0. The quantitative estimate of drug-likeness (QED) is 0.865. The zero-order valence-corrected chi connectivity index (χ0v) is 13.2. The maximum atomic E-state index is 13.0. The molecule has 2 saturated heterocycles. The molecule has 4 heteroatoms. The first kappa shape index (κ1) is 14.8. The van der Waals surface area contributed by atoms with Crippen molar-refractivity contribution in [1.82, 2.24) is 14.8 Å². The summed E-state index contributed by atoms with van der Waals surface area (Å²) in [5.41, 5.74) is 2.51. The molecule has 23 heavy (non-hydrogen) atoms. The molecule has 2 aliphatic heterocycles. The van der Waals surface area contributed by atoms with Crippen LogP contribution in [-0.2, 0) is 13.1 Å². The van der Waals surface area contributed by atoms with Crippen LogP contribution in [0.1, 0.15) is 11.1 Å². The van der Waals surface area contributed by atoms with Gasteiger partial charge in [0.15, 0.2) is 0 Å². The summed E-state index contributed by atoms with van der Waals surface area (Å²) in [6.07, 6.45) is 3.80. The fourth-order valence-corrected chi connectivity index (χ4v) is 4.04. The number of halogens is 1. The highest BCUT2D eigenvalue weighted by molar-refractivity contribution is 5.16. The van der Waals surface area contributed by atoms with Gasteiger partial charge < -0.3 is 0 Å². The molecule has 0 unspecified atom stereocenters. The molecule has 0 aliphatic carbocycles. The van der Waals surface area contributed by atoms with Crippen molar-refractivity contribution >= 4 is 0 Å². The average Bonchev–Trinajstić information content (AvgIpc) is 3.08. The van der Waals surface area contributed by atoms with Crippen LogP contribution in [0.4, 0.5) is 4.39 Å². The van der Waals surface area contributed by atoms with Crippen molar-refractivity contribution in [3.8, 4) is 0 Å². The minimum absolute atomic E-state index is 0.155. The Kier molecular flexibility index (Phi) is 4.10. The Bertz CT molecular complexity index is 629. The van der Waals surface area contributed by atoms with Gasteiger partial charge in [0.2, 0.25) is 0 Å². The minimum atomic E-state index is -0.155. The summed E-state index contributed by atoms with van der Waals surface area (Å²) in [7, 11) is 0. The smallest absolute Gasteiger partial charge is 0.123 e. The highest BCUT2D eigenvalue weighted by Gasteiger charge is 2.39. The average molecular weight is 311 g/mol. The van der Waals surface area contributed by atoms with Crippen LogP contribution in [-0.4, -0.2) is 41.0 Å². The van der Waals surface area contributed by atoms with Crippen LogP contribution in [0.25, 0.3) is 0 Å². The summed E-state index contributed by atoms with van der Waals surface area (Å²) in [5, 5.41) is 0. The van der Waals surface area contributed by atoms with Gasteiger partial charge in [-0.1, -0.05) is 18.2 Å². The number of rotatable bonds is 4. The first-order valence-electron chi connectivity index (χ1n) is 8.34. The number of pyridine rings is 1. The molecule has 2 atom stereocenters. The third-order valence-corrected chi connectivity index (χ3v) is 5.09. The molecule has 0 amide bonds. The molecule has 0 bridgehead atoms. The number of hydrogen-bond donors (Lipinski definition) is 0. The number of hydrogen-bond acceptors (Lipinski definition) is 3. The molecule has 2 aromatic rings. The Hall–Kier alpha value is -1.78. The van der Waals surface area contributed by atoms with Gasteiger partial charge in [0, 0.05) is 51.7 Å². The maximum Gasteiger partial charge on any atom is 0.123 e. The zero-order chi connectivity index (χ0) is 15.6. The molecular formula is C19H22FN3. The van der Waals surface area contributed by atoms with Crippen molar-refractivity contribution in [3.05, 3.63) is 65.7 Å². The van der Waals surface area contributed by atoms with E-state index in [1.165, 1.54) is 24.2 Å². The van der Waals surface area contributed by atoms with E-state index in [1.54, 1.807) is 12.1 Å². The van der Waals surface area contributed by atoms with Gasteiger partial charge >= 0.3 is 0 Å². The van der Waals surface area contributed by atoms with Gasteiger partial charge in [-0.15, -0.1) is 0 Å². The maximum absolute atomic E-state index is 13.0. The number of likely N-dealkylation sites (tertiary alicyclic amines) is 2. The first-order chi connectivity index (χ1) is 11.3. The third-order valence-electron chi connectivity index (χ3n) is 5.09. The molecule has 3 nitrogen and oxygen atoms in total. The van der Waals surface area contributed by atoms with E-state index in [-0.39, 0.29) is 5.82 Å². The molecular weight excluding hydrogens is 289 g/mol. The topological polar surface area (TPSA) is 19.4 Å². The summed E-state index contributed by atoms with van der Waals surface area (Å²) in [5.74, 6) is 1.39. The lowest BCUT2D eigenvalue weighted by Crippen LogP contribution is -2.28. The monoisotopic (exact) mass is 311 g/mol. The van der Waals surface area contributed by atoms with E-state index in [1.807, 2.05) is 30.6 Å². The number of nitrogens with zero attached hydrogens (tertiary/aromatic N) is 3. The molecule has 3 heterocycles. The van der Waals surface area contributed by atoms with Crippen molar-refractivity contribution in [2.75, 3.05) is 26.2 Å². The van der Waals surface area contributed by atoms with E-state index in [4.69, 9.17) is 0 Å². The lowest BCUT2D eigenvalue weighted by Gasteiger charge is -2.21. The fourth-order valence-electron chi connectivity index (χ4n) is 4.04. The summed E-state index contributed by atoms with van der Waals surface area (Å²) >= 11 is 0. The molecule has 0 spiro atoms. The predicted molar refractivity (Wildman–Crippen MR) is 88.2 cm³/mol. The minimum Gasteiger partial charge on any atom is -0.298 e. The Labute approximate surface area is 136 Å². The van der Waals surface area contributed by atoms with Gasteiger partial charge in [-0.25, -0.2) is 4.39 Å². The van der Waals surface area contributed by atoms with Crippen molar-refractivity contribution in [2.45, 2.75) is 13.1 Å². The van der Waals surface area contributed by atoms with E-state index < -0.39 is 0 Å². The lowest BCUT2D eigenvalue weighted by atomic mass is 10.0. The molecule has 4 rings (SSSR count). The Morgan fingerprint density at radius 3 is 2.04 bits per heavy atom. The second kappa shape index (κ2) is 6.38. The van der Waals surface area contributed by atoms with E-state index >= 15 is 0 Å². The summed E-state index contributed by atoms with van der Waals surface area (Å²) in [6.45, 7) is 6.63. The molecule has 1 aromatic heterocycles. The van der Waals surface area contributed by atoms with Crippen molar-refractivity contribution < 1.29 is 4.39 Å². The van der Waals surface area contributed by atoms with E-state index in [9.17, 15) is 4.39 Å². The van der Waals surface area contributed by atoms with Crippen LogP contribution in [0.2, 0.25) is 0 Å². The molecule has 120 valence electrons. The van der Waals surface area contributed by atoms with Gasteiger partial charge in [0.05, 0.1) is 0 Å². The van der Waals surface area contributed by atoms with Crippen LogP contribution >= 0.6 is 0 Å². The van der Waals surface area contributed by atoms with Gasteiger partial charge in [0.25, 0.3) is 0 Å². The van der Waals surface area contributed by atoms with Crippen molar-refractivity contribution in [1.29, 1.82) is 0 Å². The molecule has 1 aromatic carbocycles. The van der Waals surface area contributed by atoms with Gasteiger partial charge in [-0.05, 0) is 41.2 Å². The van der Waals surface area contributed by atoms with Gasteiger partial charge in [-0.2, -0.15) is 0 Å². The van der Waals surface area contributed by atoms with Crippen molar-refractivity contribution in [2.24, 2.45) is 11.8 Å². The van der Waals surface area contributed by atoms with E-state index in [2.05, 4.69) is 20.9 Å². The number of benzene rings is 1. The SMILES string of the molecule is Fc1ccc(CN2C[C@@H]3CN(Cc4cccnc4)C[C@H]3C2)cc1. The number of aromatic nitrogens is 1. The zero-order valence-electron chi connectivity index (χ0n) is 13.2. The molecule has 0 saturated carbocycles. The molecule has 2 fully saturated rings. The van der Waals surface area contributed by atoms with Crippen LogP contribution in [0.15, 0.2) is 48.8 Å². The molecule has 2 aliphatic rings. The van der Waals surface area contributed by atoms with Crippen LogP contribution in [0.5, 0.6) is 0 Å². The Morgan fingerprint density at radius 1 is 0.870 bits per heavy atom. The van der Waals surface area contributed by atoms with E-state index in [0.717, 1.165) is 38.0 Å². The Balaban J connectivity index is 1.30. The van der Waals surface area contributed by atoms with Gasteiger partial charge in [0.1, 0.15) is 5.82 Å². The largest absolute Gasteiger partial charge is 0.298 e. The highest BCUT2D eigenvalue weighted by Crippen LogP contribution is 2.32. The van der Waals surface area contributed by atoms with Crippen LogP contribution in [0.3, 0.4) is 0 Å². The van der Waals surface area contributed by atoms with Crippen molar-refractivity contribution in [3.63, 3.8) is 0 Å². The third kappa shape index (κ3) is 3.43. The standard InChI is InChI=1S/C19H22FN3/c20-19-5-3-15(4-6-19)9-22-11-17-13-23(14-18(17)12-22)10-16-2-1-7-21-8-16/h1-8,17-18H,9-14H2/t17-,18-/m1/s1. The normalized spacial score (nSPS) is 24.9. The lowest BCUT2D eigenvalue weighted by molar-refractivity contribution is 0.246. The highest BCUT2D eigenvalue weighted by atomic mass is 19.1. The molecule has 0 radical (unpaired) electrons. The summed E-state index contributed by atoms with van der Waals surface area (Å²) in [4.78, 5) is 9.28. The predicted octanol–water partition coefficient (Wildman–Crippen LogP) is 2.78.